The molecule has 0 N–H and O–H groups in total. The molecule has 1 aliphatic heterocycles. The van der Waals surface area contributed by atoms with Gasteiger partial charge in [-0.25, -0.2) is 0 Å². The average Bonchev–Trinajstić information content (AvgIpc) is 3.30. The van der Waals surface area contributed by atoms with Gasteiger partial charge in [0.1, 0.15) is 0 Å². The Morgan fingerprint density at radius 1 is 0.373 bits per heavy atom. The van der Waals surface area contributed by atoms with Crippen LogP contribution in [0.2, 0.25) is 0 Å². The van der Waals surface area contributed by atoms with Crippen LogP contribution in [0.1, 0.15) is 0 Å². The molecule has 0 amide bonds. The van der Waals surface area contributed by atoms with Crippen LogP contribution in [0.4, 0.5) is 22.7 Å². The maximum atomic E-state index is 2.60. The normalized spacial score (nSPS) is 15.5. The van der Waals surface area contributed by atoms with Crippen LogP contribution in [0.3, 0.4) is 0 Å². The summed E-state index contributed by atoms with van der Waals surface area (Å²) in [4.78, 5) is 5.14. The Morgan fingerprint density at radius 2 is 0.864 bits per heavy atom. The molecule has 4 heteroatoms. The summed E-state index contributed by atoms with van der Waals surface area (Å²) < 4.78 is 0. The molecular formula is C55H44N2P2. The molecule has 2 nitrogen and oxygen atoms in total. The van der Waals surface area contributed by atoms with Crippen molar-refractivity contribution in [3.63, 3.8) is 0 Å². The van der Waals surface area contributed by atoms with Gasteiger partial charge in [0, 0.05) is 0 Å². The Kier molecular flexibility index (Phi) is 8.63. The first-order valence-electron chi connectivity index (χ1n) is 20.5. The molecule has 1 atom stereocenters. The zero-order chi connectivity index (χ0) is 39.7. The van der Waals surface area contributed by atoms with E-state index in [4.69, 9.17) is 0 Å². The van der Waals surface area contributed by atoms with Gasteiger partial charge in [0.05, 0.1) is 0 Å². The first-order valence-corrected chi connectivity index (χ1v) is 24.3. The van der Waals surface area contributed by atoms with E-state index in [9.17, 15) is 0 Å². The number of hydrogen-bond donors (Lipinski definition) is 0. The van der Waals surface area contributed by atoms with Crippen molar-refractivity contribution in [3.8, 4) is 0 Å². The topological polar surface area (TPSA) is 6.48 Å². The summed E-state index contributed by atoms with van der Waals surface area (Å²) in [6.45, 7) is 2.60. The van der Waals surface area contributed by atoms with E-state index in [1.807, 2.05) is 0 Å². The first kappa shape index (κ1) is 35.8. The van der Waals surface area contributed by atoms with Crippen molar-refractivity contribution in [2.75, 3.05) is 30.6 Å². The van der Waals surface area contributed by atoms with Crippen LogP contribution < -0.4 is 41.6 Å². The molecule has 10 aromatic carbocycles. The van der Waals surface area contributed by atoms with E-state index in [1.165, 1.54) is 97.7 Å². The van der Waals surface area contributed by atoms with Crippen LogP contribution in [0.25, 0.3) is 43.1 Å². The van der Waals surface area contributed by atoms with Crippen LogP contribution in [0.5, 0.6) is 0 Å². The van der Waals surface area contributed by atoms with Gasteiger partial charge in [-0.2, -0.15) is 0 Å². The number of rotatable bonds is 2. The van der Waals surface area contributed by atoms with Gasteiger partial charge in [0.15, 0.2) is 0 Å². The Hall–Kier alpha value is -6.30. The molecule has 0 saturated carbocycles. The predicted octanol–water partition coefficient (Wildman–Crippen LogP) is 11.6. The number of fused-ring (bicyclic) bond motifs is 10. The van der Waals surface area contributed by atoms with E-state index < -0.39 is 15.2 Å². The number of anilines is 4. The molecule has 0 spiro atoms. The van der Waals surface area contributed by atoms with E-state index in [-0.39, 0.29) is 0 Å². The maximum absolute atomic E-state index is 2.87. The van der Waals surface area contributed by atoms with Gasteiger partial charge in [-0.15, -0.1) is 0 Å². The number of benzene rings is 10. The molecule has 11 rings (SSSR count). The first-order chi connectivity index (χ1) is 29.0. The van der Waals surface area contributed by atoms with E-state index >= 15 is 0 Å². The van der Waals surface area contributed by atoms with E-state index in [1.54, 1.807) is 0 Å². The van der Waals surface area contributed by atoms with Crippen LogP contribution in [0.15, 0.2) is 206 Å². The fraction of sp³-hybridized carbons (Fsp3) is 0.0545. The Morgan fingerprint density at radius 3 is 1.51 bits per heavy atom. The van der Waals surface area contributed by atoms with Crippen LogP contribution in [-0.4, -0.2) is 20.8 Å². The van der Waals surface area contributed by atoms with Crippen molar-refractivity contribution in [2.45, 2.75) is 0 Å². The molecule has 0 aromatic heterocycles. The SMILES string of the molecule is CN1c2cc3ccccc3cc2P(c2ccccc2)c2ccc3ccccc3c2N(C)c2c(ccc3ccccc23)[PH](C)(c2ccccc2)c2cc3ccccc3cc21. The number of nitrogens with zero attached hydrogens (tertiary/aromatic N) is 2. The van der Waals surface area contributed by atoms with Gasteiger partial charge >= 0.3 is 350 Å². The van der Waals surface area contributed by atoms with Gasteiger partial charge in [0.2, 0.25) is 0 Å². The third-order valence-corrected chi connectivity index (χ3v) is 19.7. The monoisotopic (exact) mass is 794 g/mol. The van der Waals surface area contributed by atoms with Crippen molar-refractivity contribution in [1.29, 1.82) is 0 Å². The fourth-order valence-electron chi connectivity index (χ4n) is 9.82. The van der Waals surface area contributed by atoms with Gasteiger partial charge in [-0.05, 0) is 0 Å². The van der Waals surface area contributed by atoms with Crippen molar-refractivity contribution in [2.24, 2.45) is 0 Å². The van der Waals surface area contributed by atoms with Crippen LogP contribution in [-0.2, 0) is 0 Å². The fourth-order valence-corrected chi connectivity index (χ4v) is 16.7. The summed E-state index contributed by atoms with van der Waals surface area (Å²) in [5.74, 6) is 0. The molecular weight excluding hydrogens is 751 g/mol. The predicted molar refractivity (Wildman–Crippen MR) is 264 cm³/mol. The van der Waals surface area contributed by atoms with E-state index in [2.05, 4.69) is 237 Å². The van der Waals surface area contributed by atoms with Gasteiger partial charge in [-0.1, -0.05) is 0 Å². The molecule has 1 heterocycles. The zero-order valence-electron chi connectivity index (χ0n) is 33.5. The second-order valence-electron chi connectivity index (χ2n) is 16.0. The summed E-state index contributed by atoms with van der Waals surface area (Å²) in [6, 6.07) is 78.1. The summed E-state index contributed by atoms with van der Waals surface area (Å²) >= 11 is 0. The minimum absolute atomic E-state index is 1.09. The van der Waals surface area contributed by atoms with E-state index in [0.717, 1.165) is 0 Å². The summed E-state index contributed by atoms with van der Waals surface area (Å²) in [7, 11) is 0.704. The standard InChI is InChI=1S/C55H44N2P2/c1-56-48-34-40-20-10-12-22-42(40)36-51(48)58(44-24-6-4-7-25-44)50-32-30-38-18-14-16-28-46(38)54(50)57(2)55-47-29-17-15-19-39(47)31-33-52(55)59(3,45-26-8-5-9-27-45)53-37-43-23-13-11-21-41(43)35-49(53)56/h4-37,59H,1-3H3. The molecule has 10 aromatic rings. The molecule has 0 radical (unpaired) electrons. The van der Waals surface area contributed by atoms with Crippen LogP contribution in [0, 0.1) is 0 Å². The third-order valence-electron chi connectivity index (χ3n) is 12.8. The Bertz CT molecular complexity index is 3240. The summed E-state index contributed by atoms with van der Waals surface area (Å²) in [5, 5.41) is 18.2. The summed E-state index contributed by atoms with van der Waals surface area (Å²) in [5.41, 5.74) is 5.03. The molecule has 0 fully saturated rings. The van der Waals surface area contributed by atoms with E-state index in [0.29, 0.717) is 0 Å². The summed E-state index contributed by atoms with van der Waals surface area (Å²) in [6.07, 6.45) is 0. The minimum atomic E-state index is -2.87. The third kappa shape index (κ3) is 5.70. The Labute approximate surface area is 348 Å². The molecule has 1 aliphatic rings. The molecule has 1 unspecified atom stereocenters. The van der Waals surface area contributed by atoms with Gasteiger partial charge in [0.25, 0.3) is 0 Å². The molecule has 0 saturated heterocycles. The van der Waals surface area contributed by atoms with Crippen molar-refractivity contribution >= 4 is 113 Å². The average molecular weight is 795 g/mol. The second-order valence-corrected chi connectivity index (χ2v) is 22.1. The number of hydrogen-bond acceptors (Lipinski definition) is 2. The molecule has 284 valence electrons. The molecule has 0 aliphatic carbocycles. The van der Waals surface area contributed by atoms with Crippen molar-refractivity contribution < 1.29 is 0 Å². The Balaban J connectivity index is 1.39. The quantitative estimate of drug-likeness (QED) is 0.161. The second kappa shape index (κ2) is 14.2. The molecule has 59 heavy (non-hydrogen) atoms. The van der Waals surface area contributed by atoms with Gasteiger partial charge < -0.3 is 0 Å². The van der Waals surface area contributed by atoms with Crippen molar-refractivity contribution in [1.82, 2.24) is 0 Å². The van der Waals surface area contributed by atoms with Crippen LogP contribution >= 0.6 is 15.2 Å². The zero-order valence-corrected chi connectivity index (χ0v) is 35.4. The molecule has 0 bridgehead atoms. The van der Waals surface area contributed by atoms with Gasteiger partial charge in [-0.3, -0.25) is 0 Å². The van der Waals surface area contributed by atoms with Crippen molar-refractivity contribution in [3.05, 3.63) is 206 Å².